The molecular weight excluding hydrogens is 1800 g/mol. The van der Waals surface area contributed by atoms with Gasteiger partial charge in [0.2, 0.25) is 0 Å². The lowest BCUT2D eigenvalue weighted by Crippen LogP contribution is -1.57. The summed E-state index contributed by atoms with van der Waals surface area (Å²) in [5, 5.41) is 0. The normalized spacial score (nSPS) is 3.96. The topological polar surface area (TPSA) is 0 Å². The molecule has 150 heavy (non-hydrogen) atoms. The van der Waals surface area contributed by atoms with Gasteiger partial charge in [-0.25, -0.2) is 0 Å². The van der Waals surface area contributed by atoms with E-state index in [0.717, 1.165) is 0 Å². The van der Waals surface area contributed by atoms with Gasteiger partial charge in [0.15, 0.2) is 0 Å². The Hall–Kier alpha value is -33.0. The number of hydrogen-bond donors (Lipinski definition) is 0. The van der Waals surface area contributed by atoms with Gasteiger partial charge in [0, 0.05) is 781 Å². The third-order valence-electron chi connectivity index (χ3n) is 9.21. The molecule has 0 heteroatoms. The summed E-state index contributed by atoms with van der Waals surface area (Å²) in [6.45, 7) is 0. The molecule has 0 aliphatic heterocycles. The lowest BCUT2D eigenvalue weighted by Gasteiger charge is -1.58. The standard InChI is InChI=1S/C150H2/c1-3-5-7-9-11-13-15-17-19-21-23-25-27-29-31-33-35-37-39-41-43-45-47-49-51-53-55-57-59-61-63-65-67-69-71-73-75-77-79-81-83-85-87-89-91-93-95-97-99-101-103-105-107-109-111-113-115-117-119-121-123-125-127-129-131-133-135-137-139-141-143-145-147-149-150-148-146-144-142-140-138-136-134-132-130-128-126-124-122-120-118-116-114-112-110-108-106-104-102-100-98-96-94-92-90-88-86-84-82-80-78-76-74-72-70-68-66-64-62-60-58-56-54-52-50-48-46-44-42-40-38-36-34-32-30-28-26-24-22-20-18-16-14-12-10-8-6-4-2/h1-2H. The van der Waals surface area contributed by atoms with E-state index in [4.69, 9.17) is 12.8 Å². The Labute approximate surface area is 882 Å². The van der Waals surface area contributed by atoms with Crippen LogP contribution in [-0.4, -0.2) is 0 Å². The van der Waals surface area contributed by atoms with Crippen molar-refractivity contribution in [1.29, 1.82) is 0 Å². The molecule has 0 saturated heterocycles. The second-order valence-electron chi connectivity index (χ2n) is 18.5. The Balaban J connectivity index is 4.66. The predicted molar refractivity (Wildman–Crippen MR) is 585 cm³/mol. The monoisotopic (exact) mass is 1800 g/mol. The van der Waals surface area contributed by atoms with E-state index < -0.39 is 0 Å². The molecule has 0 aliphatic rings. The van der Waals surface area contributed by atoms with E-state index >= 15 is 0 Å². The first-order valence-electron chi connectivity index (χ1n) is 37.3. The maximum absolute atomic E-state index is 4.96. The summed E-state index contributed by atoms with van der Waals surface area (Å²) >= 11 is 0. The molecule has 0 bridgehead atoms. The third-order valence-corrected chi connectivity index (χ3v) is 9.21. The fourth-order valence-electron chi connectivity index (χ4n) is 4.57. The van der Waals surface area contributed by atoms with Crippen LogP contribution in [0.15, 0.2) is 0 Å². The molecule has 0 nitrogen and oxygen atoms in total. The zero-order chi connectivity index (χ0) is 107. The average Bonchev–Trinajstić information content (AvgIpc) is 1.12. The van der Waals surface area contributed by atoms with Crippen molar-refractivity contribution < 1.29 is 0 Å². The summed E-state index contributed by atoms with van der Waals surface area (Å²) in [6.07, 6.45) is 9.91. The van der Waals surface area contributed by atoms with E-state index in [9.17, 15) is 0 Å². The van der Waals surface area contributed by atoms with Gasteiger partial charge < -0.3 is 0 Å². The van der Waals surface area contributed by atoms with Crippen LogP contribution >= 0.6 is 0 Å². The molecule has 0 unspecified atom stereocenters. The highest BCUT2D eigenvalue weighted by Gasteiger charge is 1.72. The molecule has 0 amide bonds. The Kier molecular flexibility index (Phi) is 90.5. The van der Waals surface area contributed by atoms with Crippen molar-refractivity contribution in [2.75, 3.05) is 0 Å². The molecule has 0 aliphatic carbocycles. The van der Waals surface area contributed by atoms with Crippen LogP contribution in [0.3, 0.4) is 0 Å². The van der Waals surface area contributed by atoms with Gasteiger partial charge in [-0.05, 0) is 94.7 Å². The minimum atomic E-state index is 2.12. The molecule has 0 spiro atoms. The summed E-state index contributed by atoms with van der Waals surface area (Å²) in [5.41, 5.74) is 0. The highest BCUT2D eigenvalue weighted by Crippen LogP contribution is 1.72. The Morgan fingerprint density at radius 1 is 0.0333 bits per heavy atom. The summed E-state index contributed by atoms with van der Waals surface area (Å²) in [7, 11) is 0. The zero-order valence-electron chi connectivity index (χ0n) is 75.2. The second kappa shape index (κ2) is 116. The van der Waals surface area contributed by atoms with E-state index in [2.05, 4.69) is 876 Å². The quantitative estimate of drug-likeness (QED) is 0.311. The Morgan fingerprint density at radius 3 is 0.0733 bits per heavy atom. The van der Waals surface area contributed by atoms with Gasteiger partial charge in [0.05, 0.1) is 0 Å². The SMILES string of the molecule is C#CC#CC#CC#CC#CC#CC#CC#CC#CC#CC#CC#CC#CC#CC#CC#CC#CC#CC#CC#CC#CC#CC#CC#CC#CC#CC#CC#CC#CC#CC#CC#CC#CC#CC#CC#CC#CC#CC#CC#CC#CC#CC#CC#CC#CC#CC#CC#CC#CC#CC#CC#CC#CC#CC#CC#CC#CC#CC#CC#CC#CC#CC#CC#CC#CC#CC#CC#CC#CC#CC#CC#CC#CC#CC#C. The van der Waals surface area contributed by atoms with Crippen LogP contribution in [0.5, 0.6) is 0 Å². The first kappa shape index (κ1) is 117. The van der Waals surface area contributed by atoms with Crippen molar-refractivity contribution in [3.8, 4) is 889 Å². The van der Waals surface area contributed by atoms with Crippen LogP contribution in [0.25, 0.3) is 0 Å². The van der Waals surface area contributed by atoms with Gasteiger partial charge in [-0.2, -0.15) is 0 Å². The van der Waals surface area contributed by atoms with E-state index in [1.54, 1.807) is 0 Å². The van der Waals surface area contributed by atoms with Crippen LogP contribution in [0.2, 0.25) is 0 Å². The van der Waals surface area contributed by atoms with Crippen molar-refractivity contribution in [2.45, 2.75) is 0 Å². The molecule has 0 rings (SSSR count). The molecule has 602 valence electrons. The fourth-order valence-corrected chi connectivity index (χ4v) is 4.57. The summed E-state index contributed by atoms with van der Waals surface area (Å²) in [4.78, 5) is 0. The number of hydrogen-bond acceptors (Lipinski definition) is 0. The van der Waals surface area contributed by atoms with Crippen LogP contribution in [-0.2, 0) is 0 Å². The first-order valence-corrected chi connectivity index (χ1v) is 37.3. The Morgan fingerprint density at radius 2 is 0.0533 bits per heavy atom. The molecule has 0 atom stereocenters. The van der Waals surface area contributed by atoms with Gasteiger partial charge >= 0.3 is 0 Å². The lowest BCUT2D eigenvalue weighted by molar-refractivity contribution is 2.31. The van der Waals surface area contributed by atoms with Crippen LogP contribution in [0.1, 0.15) is 0 Å². The maximum Gasteiger partial charge on any atom is 0 e. The molecule has 0 N–H and O–H groups in total. The highest BCUT2D eigenvalue weighted by molar-refractivity contribution is 5.61. The van der Waals surface area contributed by atoms with Crippen LogP contribution in [0.4, 0.5) is 0 Å². The minimum absolute atomic E-state index is 2.12. The molecule has 0 radical (unpaired) electrons. The molecule has 0 aromatic rings. The smallest absolute Gasteiger partial charge is 0 e. The van der Waals surface area contributed by atoms with Crippen LogP contribution in [0, 0.1) is 889 Å². The molecule has 0 aromatic heterocycles. The molecule has 0 fully saturated rings. The summed E-state index contributed by atoms with van der Waals surface area (Å²) in [6, 6.07) is 0. The Bertz CT molecular complexity index is 9860. The van der Waals surface area contributed by atoms with E-state index in [1.165, 1.54) is 0 Å². The van der Waals surface area contributed by atoms with Gasteiger partial charge in [-0.1, -0.05) is 0 Å². The van der Waals surface area contributed by atoms with E-state index in [1.807, 2.05) is 0 Å². The lowest BCUT2D eigenvalue weighted by atomic mass is 10.4. The summed E-state index contributed by atoms with van der Waals surface area (Å²) < 4.78 is 0. The van der Waals surface area contributed by atoms with Crippen molar-refractivity contribution in [3.63, 3.8) is 0 Å². The van der Waals surface area contributed by atoms with Crippen LogP contribution < -0.4 is 0 Å². The largest absolute Gasteiger partial charge is 0.106 e. The van der Waals surface area contributed by atoms with Gasteiger partial charge in [-0.15, -0.1) is 12.8 Å². The van der Waals surface area contributed by atoms with Crippen molar-refractivity contribution in [3.05, 3.63) is 0 Å². The van der Waals surface area contributed by atoms with Crippen molar-refractivity contribution in [1.82, 2.24) is 0 Å². The van der Waals surface area contributed by atoms with Gasteiger partial charge in [0.25, 0.3) is 0 Å². The van der Waals surface area contributed by atoms with Gasteiger partial charge in [-0.3, -0.25) is 0 Å². The highest BCUT2D eigenvalue weighted by atomic mass is 13.7. The van der Waals surface area contributed by atoms with Gasteiger partial charge in [0.1, 0.15) is 0 Å². The van der Waals surface area contributed by atoms with Crippen molar-refractivity contribution >= 4 is 0 Å². The minimum Gasteiger partial charge on any atom is -0.106 e. The fraction of sp³-hybridized carbons (Fsp3) is 0. The van der Waals surface area contributed by atoms with E-state index in [-0.39, 0.29) is 0 Å². The first-order chi connectivity index (χ1) is 74.9. The molecule has 0 aromatic carbocycles. The van der Waals surface area contributed by atoms with Crippen molar-refractivity contribution in [2.24, 2.45) is 0 Å². The van der Waals surface area contributed by atoms with E-state index in [0.29, 0.717) is 0 Å². The second-order valence-corrected chi connectivity index (χ2v) is 18.5. The number of terminal acetylenes is 2. The average molecular weight is 1800 g/mol. The molecule has 0 saturated carbocycles. The molecular formula is C150H2. The maximum atomic E-state index is 4.96. The zero-order valence-corrected chi connectivity index (χ0v) is 75.2. The number of rotatable bonds is 0. The summed E-state index contributed by atoms with van der Waals surface area (Å²) in [5.74, 6) is 368. The predicted octanol–water partition coefficient (Wildman–Crippen LogP) is 0.501. The molecule has 0 heterocycles. The third kappa shape index (κ3) is 115.